The number of hydrogen-bond acceptors (Lipinski definition) is 4. The SMILES string of the molecule is COc1ccc(-n2c(C)cn3c4c(=O)[nH]c(=O)n(C)c4nc23)cc1. The van der Waals surface area contributed by atoms with Gasteiger partial charge >= 0.3 is 5.69 Å². The van der Waals surface area contributed by atoms with Crippen molar-refractivity contribution in [1.29, 1.82) is 0 Å². The number of H-pyrrole nitrogens is 1. The Labute approximate surface area is 135 Å². The van der Waals surface area contributed by atoms with E-state index < -0.39 is 11.2 Å². The molecule has 24 heavy (non-hydrogen) atoms. The zero-order chi connectivity index (χ0) is 17.0. The monoisotopic (exact) mass is 325 g/mol. The molecule has 0 unspecified atom stereocenters. The number of rotatable bonds is 2. The van der Waals surface area contributed by atoms with E-state index in [9.17, 15) is 9.59 Å². The molecule has 0 radical (unpaired) electrons. The highest BCUT2D eigenvalue weighted by Crippen LogP contribution is 2.22. The van der Waals surface area contributed by atoms with Crippen LogP contribution in [-0.4, -0.2) is 30.6 Å². The molecule has 1 aromatic carbocycles. The Bertz CT molecular complexity index is 1190. The maximum Gasteiger partial charge on any atom is 0.329 e. The summed E-state index contributed by atoms with van der Waals surface area (Å²) in [6.07, 6.45) is 1.83. The van der Waals surface area contributed by atoms with Crippen LogP contribution in [-0.2, 0) is 7.05 Å². The first-order valence-corrected chi connectivity index (χ1v) is 7.35. The van der Waals surface area contributed by atoms with Crippen LogP contribution in [0.4, 0.5) is 0 Å². The first-order valence-electron chi connectivity index (χ1n) is 7.35. The Morgan fingerprint density at radius 2 is 1.88 bits per heavy atom. The summed E-state index contributed by atoms with van der Waals surface area (Å²) in [5.41, 5.74) is 1.56. The third-order valence-electron chi connectivity index (χ3n) is 4.13. The van der Waals surface area contributed by atoms with Crippen LogP contribution < -0.4 is 16.0 Å². The highest BCUT2D eigenvalue weighted by molar-refractivity contribution is 5.76. The maximum absolute atomic E-state index is 12.2. The zero-order valence-electron chi connectivity index (χ0n) is 13.4. The van der Waals surface area contributed by atoms with Crippen molar-refractivity contribution in [2.24, 2.45) is 7.05 Å². The molecule has 0 fully saturated rings. The quantitative estimate of drug-likeness (QED) is 0.595. The summed E-state index contributed by atoms with van der Waals surface area (Å²) in [7, 11) is 3.19. The molecule has 8 nitrogen and oxygen atoms in total. The number of aromatic amines is 1. The van der Waals surface area contributed by atoms with E-state index in [1.54, 1.807) is 18.6 Å². The molecule has 4 rings (SSSR count). The topological polar surface area (TPSA) is 86.3 Å². The molecular formula is C16H15N5O3. The second kappa shape index (κ2) is 4.85. The fourth-order valence-electron chi connectivity index (χ4n) is 2.92. The lowest BCUT2D eigenvalue weighted by molar-refractivity contribution is 0.415. The number of ether oxygens (including phenoxy) is 1. The van der Waals surface area contributed by atoms with E-state index >= 15 is 0 Å². The lowest BCUT2D eigenvalue weighted by Gasteiger charge is -2.06. The molecule has 0 saturated carbocycles. The number of methoxy groups -OCH3 is 1. The predicted octanol–water partition coefficient (Wildman–Crippen LogP) is 0.982. The van der Waals surface area contributed by atoms with Crippen LogP contribution in [0.2, 0.25) is 0 Å². The third-order valence-corrected chi connectivity index (χ3v) is 4.13. The van der Waals surface area contributed by atoms with Gasteiger partial charge in [0.05, 0.1) is 7.11 Å². The van der Waals surface area contributed by atoms with E-state index in [1.165, 1.54) is 4.57 Å². The van der Waals surface area contributed by atoms with Gasteiger partial charge in [0.1, 0.15) is 5.75 Å². The van der Waals surface area contributed by atoms with Gasteiger partial charge in [0.25, 0.3) is 5.56 Å². The summed E-state index contributed by atoms with van der Waals surface area (Å²) < 4.78 is 10.1. The molecule has 0 aliphatic rings. The number of fused-ring (bicyclic) bond motifs is 3. The van der Waals surface area contributed by atoms with Crippen molar-refractivity contribution in [2.45, 2.75) is 6.92 Å². The van der Waals surface area contributed by atoms with E-state index in [2.05, 4.69) is 9.97 Å². The fraction of sp³-hybridized carbons (Fsp3) is 0.188. The molecule has 1 N–H and O–H groups in total. The van der Waals surface area contributed by atoms with Gasteiger partial charge in [-0.25, -0.2) is 4.79 Å². The molecule has 0 aliphatic heterocycles. The van der Waals surface area contributed by atoms with Gasteiger partial charge in [0.2, 0.25) is 5.78 Å². The van der Waals surface area contributed by atoms with Crippen molar-refractivity contribution in [1.82, 2.24) is 23.5 Å². The molecular weight excluding hydrogens is 310 g/mol. The zero-order valence-corrected chi connectivity index (χ0v) is 13.4. The van der Waals surface area contributed by atoms with Gasteiger partial charge in [-0.1, -0.05) is 0 Å². The van der Waals surface area contributed by atoms with Gasteiger partial charge in [0, 0.05) is 24.6 Å². The van der Waals surface area contributed by atoms with E-state index in [0.717, 1.165) is 17.1 Å². The number of nitrogens with one attached hydrogen (secondary N) is 1. The summed E-state index contributed by atoms with van der Waals surface area (Å²) in [4.78, 5) is 30.8. The molecule has 3 heterocycles. The van der Waals surface area contributed by atoms with Crippen LogP contribution in [0.1, 0.15) is 5.69 Å². The highest BCUT2D eigenvalue weighted by Gasteiger charge is 2.18. The van der Waals surface area contributed by atoms with Crippen molar-refractivity contribution < 1.29 is 4.74 Å². The van der Waals surface area contributed by atoms with Crippen molar-refractivity contribution >= 4 is 16.9 Å². The molecule has 0 bridgehead atoms. The van der Waals surface area contributed by atoms with Gasteiger partial charge in [-0.3, -0.25) is 23.3 Å². The van der Waals surface area contributed by atoms with Crippen molar-refractivity contribution in [3.8, 4) is 11.4 Å². The standard InChI is InChI=1S/C16H15N5O3/c1-9-8-20-12-13(19(2)16(23)18-14(12)22)17-15(20)21(9)10-4-6-11(24-3)7-5-10/h4-8H,1-3H3,(H,18,22,23). The van der Waals surface area contributed by atoms with Crippen LogP contribution in [0.15, 0.2) is 40.1 Å². The largest absolute Gasteiger partial charge is 0.497 e. The number of nitrogens with zero attached hydrogens (tertiary/aromatic N) is 4. The second-order valence-electron chi connectivity index (χ2n) is 5.58. The lowest BCUT2D eigenvalue weighted by atomic mass is 10.3. The maximum atomic E-state index is 12.2. The first-order chi connectivity index (χ1) is 11.5. The van der Waals surface area contributed by atoms with Gasteiger partial charge in [0.15, 0.2) is 11.2 Å². The minimum atomic E-state index is -0.485. The number of aromatic nitrogens is 5. The van der Waals surface area contributed by atoms with E-state index in [4.69, 9.17) is 4.74 Å². The minimum absolute atomic E-state index is 0.348. The van der Waals surface area contributed by atoms with E-state index in [-0.39, 0.29) is 0 Å². The smallest absolute Gasteiger partial charge is 0.329 e. The van der Waals surface area contributed by atoms with Crippen molar-refractivity contribution in [3.05, 3.63) is 57.0 Å². The van der Waals surface area contributed by atoms with Crippen molar-refractivity contribution in [2.75, 3.05) is 7.11 Å². The van der Waals surface area contributed by atoms with Gasteiger partial charge in [-0.05, 0) is 31.2 Å². The van der Waals surface area contributed by atoms with Crippen LogP contribution in [0.5, 0.6) is 5.75 Å². The first kappa shape index (κ1) is 14.3. The van der Waals surface area contributed by atoms with Crippen molar-refractivity contribution in [3.63, 3.8) is 0 Å². The van der Waals surface area contributed by atoms with Gasteiger partial charge < -0.3 is 4.74 Å². The third kappa shape index (κ3) is 1.82. The molecule has 0 saturated heterocycles. The minimum Gasteiger partial charge on any atom is -0.497 e. The summed E-state index contributed by atoms with van der Waals surface area (Å²) in [5.74, 6) is 1.33. The van der Waals surface area contributed by atoms with Gasteiger partial charge in [-0.15, -0.1) is 0 Å². The van der Waals surface area contributed by atoms with Crippen LogP contribution in [0, 0.1) is 6.92 Å². The molecule has 8 heteroatoms. The summed E-state index contributed by atoms with van der Waals surface area (Å²) >= 11 is 0. The Morgan fingerprint density at radius 3 is 2.54 bits per heavy atom. The summed E-state index contributed by atoms with van der Waals surface area (Å²) in [6, 6.07) is 7.54. The number of aryl methyl sites for hydroxylation is 2. The summed E-state index contributed by atoms with van der Waals surface area (Å²) in [6.45, 7) is 1.93. The normalized spacial score (nSPS) is 11.5. The Hall–Kier alpha value is -3.29. The van der Waals surface area contributed by atoms with E-state index in [1.807, 2.05) is 42.0 Å². The Morgan fingerprint density at radius 1 is 1.17 bits per heavy atom. The Kier molecular flexibility index (Phi) is 2.89. The van der Waals surface area contributed by atoms with E-state index in [0.29, 0.717) is 16.9 Å². The highest BCUT2D eigenvalue weighted by atomic mass is 16.5. The molecule has 3 aromatic heterocycles. The van der Waals surface area contributed by atoms with Gasteiger partial charge in [-0.2, -0.15) is 4.98 Å². The van der Waals surface area contributed by atoms with Crippen LogP contribution in [0.3, 0.4) is 0 Å². The number of imidazole rings is 2. The second-order valence-corrected chi connectivity index (χ2v) is 5.58. The number of hydrogen-bond donors (Lipinski definition) is 1. The average Bonchev–Trinajstić information content (AvgIpc) is 3.07. The molecule has 122 valence electrons. The Balaban J connectivity index is 2.09. The predicted molar refractivity (Wildman–Crippen MR) is 89.2 cm³/mol. The molecule has 4 aromatic rings. The van der Waals surface area contributed by atoms with Crippen LogP contribution in [0.25, 0.3) is 22.6 Å². The summed E-state index contributed by atoms with van der Waals surface area (Å²) in [5, 5.41) is 0. The molecule has 0 aliphatic carbocycles. The molecule has 0 atom stereocenters. The van der Waals surface area contributed by atoms with Crippen LogP contribution >= 0.6 is 0 Å². The average molecular weight is 325 g/mol. The lowest BCUT2D eigenvalue weighted by Crippen LogP contribution is -2.28. The molecule has 0 amide bonds. The molecule has 0 spiro atoms. The fourth-order valence-corrected chi connectivity index (χ4v) is 2.92. The number of benzene rings is 1.